The number of rotatable bonds is 2. The second kappa shape index (κ2) is 4.41. The topological polar surface area (TPSA) is 17.1 Å². The van der Waals surface area contributed by atoms with Gasteiger partial charge in [-0.2, -0.15) is 13.2 Å². The average molecular weight is 255 g/mol. The van der Waals surface area contributed by atoms with Gasteiger partial charge in [-0.25, -0.2) is 4.39 Å². The van der Waals surface area contributed by atoms with E-state index in [1.807, 2.05) is 0 Å². The third kappa shape index (κ3) is 2.35. The summed E-state index contributed by atoms with van der Waals surface area (Å²) in [6.45, 7) is 1.51. The smallest absolute Gasteiger partial charge is 0.294 e. The Morgan fingerprint density at radius 1 is 1.38 bits per heavy atom. The second-order valence-corrected chi connectivity index (χ2v) is 3.44. The molecule has 0 radical (unpaired) electrons. The first-order chi connectivity index (χ1) is 7.29. The number of hydrogen-bond donors (Lipinski definition) is 0. The number of carbonyl (C=O) groups excluding carboxylic acids is 1. The van der Waals surface area contributed by atoms with Crippen molar-refractivity contribution >= 4 is 17.4 Å². The number of alkyl halides is 3. The van der Waals surface area contributed by atoms with Gasteiger partial charge in [0.05, 0.1) is 10.6 Å². The summed E-state index contributed by atoms with van der Waals surface area (Å²) >= 11 is 5.38. The molecule has 0 unspecified atom stereocenters. The fourth-order valence-corrected chi connectivity index (χ4v) is 1.44. The van der Waals surface area contributed by atoms with E-state index in [4.69, 9.17) is 11.6 Å². The third-order valence-electron chi connectivity index (χ3n) is 2.01. The summed E-state index contributed by atoms with van der Waals surface area (Å²) in [5, 5.41) is -0.776. The van der Waals surface area contributed by atoms with Crippen LogP contribution in [0.4, 0.5) is 17.6 Å². The molecule has 0 fully saturated rings. The number of Topliss-reactive ketones (excluding diaryl/α,β-unsaturated/α-hetero) is 1. The summed E-state index contributed by atoms with van der Waals surface area (Å²) in [5.41, 5.74) is -1.69. The minimum Gasteiger partial charge on any atom is -0.294 e. The van der Waals surface area contributed by atoms with Crippen LogP contribution in [0.2, 0.25) is 5.02 Å². The zero-order chi connectivity index (χ0) is 12.5. The van der Waals surface area contributed by atoms with Crippen molar-refractivity contribution < 1.29 is 22.4 Å². The highest BCUT2D eigenvalue weighted by molar-refractivity contribution is 6.34. The van der Waals surface area contributed by atoms with Crippen LogP contribution in [0.25, 0.3) is 0 Å². The molecule has 0 bridgehead atoms. The molecule has 6 heteroatoms. The summed E-state index contributed by atoms with van der Waals surface area (Å²) in [6.07, 6.45) is -4.77. The maximum atomic E-state index is 13.3. The van der Waals surface area contributed by atoms with E-state index in [0.29, 0.717) is 6.07 Å². The highest BCUT2D eigenvalue weighted by Crippen LogP contribution is 2.35. The zero-order valence-corrected chi connectivity index (χ0v) is 8.92. The quantitative estimate of drug-likeness (QED) is 0.574. The summed E-state index contributed by atoms with van der Waals surface area (Å²) < 4.78 is 50.0. The molecule has 1 aromatic carbocycles. The molecule has 0 saturated heterocycles. The largest absolute Gasteiger partial charge is 0.419 e. The van der Waals surface area contributed by atoms with E-state index < -0.39 is 28.4 Å². The number of benzene rings is 1. The Bertz CT molecular complexity index is 426. The summed E-state index contributed by atoms with van der Waals surface area (Å²) in [4.78, 5) is 11.2. The van der Waals surface area contributed by atoms with Gasteiger partial charge in [-0.1, -0.05) is 18.5 Å². The molecule has 0 heterocycles. The molecule has 16 heavy (non-hydrogen) atoms. The maximum absolute atomic E-state index is 13.3. The number of hydrogen-bond acceptors (Lipinski definition) is 1. The predicted molar refractivity (Wildman–Crippen MR) is 51.0 cm³/mol. The Labute approximate surface area is 94.0 Å². The van der Waals surface area contributed by atoms with Crippen LogP contribution in [0.3, 0.4) is 0 Å². The second-order valence-electron chi connectivity index (χ2n) is 3.06. The molecule has 0 aliphatic heterocycles. The van der Waals surface area contributed by atoms with E-state index in [9.17, 15) is 22.4 Å². The first-order valence-corrected chi connectivity index (χ1v) is 4.75. The van der Waals surface area contributed by atoms with Crippen LogP contribution in [0.15, 0.2) is 12.1 Å². The van der Waals surface area contributed by atoms with Gasteiger partial charge in [-0.15, -0.1) is 0 Å². The van der Waals surface area contributed by atoms with E-state index in [1.54, 1.807) is 0 Å². The van der Waals surface area contributed by atoms with Crippen LogP contribution < -0.4 is 0 Å². The van der Waals surface area contributed by atoms with Crippen molar-refractivity contribution in [2.24, 2.45) is 0 Å². The van der Waals surface area contributed by atoms with Gasteiger partial charge < -0.3 is 0 Å². The Kier molecular flexibility index (Phi) is 3.57. The lowest BCUT2D eigenvalue weighted by molar-refractivity contribution is -0.140. The molecule has 0 aliphatic carbocycles. The van der Waals surface area contributed by atoms with E-state index in [1.165, 1.54) is 6.92 Å². The van der Waals surface area contributed by atoms with Gasteiger partial charge in [0.2, 0.25) is 0 Å². The van der Waals surface area contributed by atoms with Gasteiger partial charge in [0.25, 0.3) is 0 Å². The lowest BCUT2D eigenvalue weighted by atomic mass is 10.1. The normalized spacial score (nSPS) is 11.6. The Morgan fingerprint density at radius 2 is 1.94 bits per heavy atom. The van der Waals surface area contributed by atoms with Gasteiger partial charge in [0.1, 0.15) is 0 Å². The molecule has 0 aliphatic rings. The molecular formula is C10H7ClF4O. The van der Waals surface area contributed by atoms with Gasteiger partial charge in [0, 0.05) is 12.0 Å². The van der Waals surface area contributed by atoms with Crippen molar-refractivity contribution in [3.05, 3.63) is 34.1 Å². The number of halogens is 5. The fourth-order valence-electron chi connectivity index (χ4n) is 1.17. The van der Waals surface area contributed by atoms with Crippen LogP contribution >= 0.6 is 11.6 Å². The molecule has 0 spiro atoms. The van der Waals surface area contributed by atoms with Crippen molar-refractivity contribution in [1.82, 2.24) is 0 Å². The van der Waals surface area contributed by atoms with Crippen molar-refractivity contribution in [2.45, 2.75) is 19.5 Å². The van der Waals surface area contributed by atoms with Gasteiger partial charge in [0.15, 0.2) is 11.6 Å². The molecule has 88 valence electrons. The Balaban J connectivity index is 3.35. The van der Waals surface area contributed by atoms with Crippen LogP contribution in [0.5, 0.6) is 0 Å². The van der Waals surface area contributed by atoms with E-state index >= 15 is 0 Å². The van der Waals surface area contributed by atoms with E-state index in [-0.39, 0.29) is 12.0 Å². The van der Waals surface area contributed by atoms with Crippen molar-refractivity contribution in [3.63, 3.8) is 0 Å². The lowest BCUT2D eigenvalue weighted by Gasteiger charge is -2.10. The number of carbonyl (C=O) groups is 1. The average Bonchev–Trinajstić information content (AvgIpc) is 2.19. The van der Waals surface area contributed by atoms with Crippen molar-refractivity contribution in [2.75, 3.05) is 0 Å². The molecule has 0 atom stereocenters. The van der Waals surface area contributed by atoms with Gasteiger partial charge in [-0.05, 0) is 12.1 Å². The maximum Gasteiger partial charge on any atom is 0.419 e. The first-order valence-electron chi connectivity index (χ1n) is 4.37. The molecule has 1 rings (SSSR count). The molecular weight excluding hydrogens is 248 g/mol. The molecule has 1 nitrogen and oxygen atoms in total. The van der Waals surface area contributed by atoms with Crippen molar-refractivity contribution in [3.8, 4) is 0 Å². The summed E-state index contributed by atoms with van der Waals surface area (Å²) in [7, 11) is 0. The lowest BCUT2D eigenvalue weighted by Crippen LogP contribution is -2.10. The monoisotopic (exact) mass is 254 g/mol. The molecule has 0 amide bonds. The SMILES string of the molecule is CCC(=O)c1ccc(C(F)(F)F)c(F)c1Cl. The van der Waals surface area contributed by atoms with E-state index in [0.717, 1.165) is 6.07 Å². The minimum atomic E-state index is -4.82. The summed E-state index contributed by atoms with van der Waals surface area (Å²) in [5.74, 6) is -2.11. The minimum absolute atomic E-state index is 0.0462. The Hall–Kier alpha value is -1.10. The molecule has 0 N–H and O–H groups in total. The summed E-state index contributed by atoms with van der Waals surface area (Å²) in [6, 6.07) is 1.41. The highest BCUT2D eigenvalue weighted by Gasteiger charge is 2.35. The van der Waals surface area contributed by atoms with Crippen molar-refractivity contribution in [1.29, 1.82) is 0 Å². The molecule has 0 aromatic heterocycles. The first kappa shape index (κ1) is 13.0. The van der Waals surface area contributed by atoms with Crippen LogP contribution in [0.1, 0.15) is 29.3 Å². The van der Waals surface area contributed by atoms with Crippen LogP contribution in [-0.2, 0) is 6.18 Å². The van der Waals surface area contributed by atoms with E-state index in [2.05, 4.69) is 0 Å². The number of ketones is 1. The van der Waals surface area contributed by atoms with Crippen LogP contribution in [-0.4, -0.2) is 5.78 Å². The standard InChI is InChI=1S/C10H7ClF4O/c1-2-7(16)5-3-4-6(10(13,14)15)9(12)8(5)11/h3-4H,2H2,1H3. The van der Waals surface area contributed by atoms with Gasteiger partial charge >= 0.3 is 6.18 Å². The van der Waals surface area contributed by atoms with Crippen LogP contribution in [0, 0.1) is 5.82 Å². The fraction of sp³-hybridized carbons (Fsp3) is 0.300. The Morgan fingerprint density at radius 3 is 2.38 bits per heavy atom. The predicted octanol–water partition coefficient (Wildman–Crippen LogP) is 4.09. The third-order valence-corrected chi connectivity index (χ3v) is 2.38. The molecule has 0 saturated carbocycles. The zero-order valence-electron chi connectivity index (χ0n) is 8.16. The highest BCUT2D eigenvalue weighted by atomic mass is 35.5. The molecule has 1 aromatic rings. The van der Waals surface area contributed by atoms with Gasteiger partial charge in [-0.3, -0.25) is 4.79 Å².